The number of nitrogens with one attached hydrogen (secondary N) is 2. The molecule has 0 spiro atoms. The molecule has 9 heteroatoms. The fourth-order valence-corrected chi connectivity index (χ4v) is 4.83. The Morgan fingerprint density at radius 3 is 2.43 bits per heavy atom. The summed E-state index contributed by atoms with van der Waals surface area (Å²) in [6.45, 7) is 7.66. The Kier molecular flexibility index (Phi) is 12.8. The van der Waals surface area contributed by atoms with Crippen LogP contribution in [0.15, 0.2) is 29.3 Å². The third kappa shape index (κ3) is 9.49. The summed E-state index contributed by atoms with van der Waals surface area (Å²) in [6.07, 6.45) is 3.54. The van der Waals surface area contributed by atoms with Crippen molar-refractivity contribution < 1.29 is 13.2 Å². The molecule has 1 saturated heterocycles. The number of hydrogen-bond acceptors (Lipinski definition) is 4. The van der Waals surface area contributed by atoms with E-state index < -0.39 is 10.0 Å². The Morgan fingerprint density at radius 1 is 1.13 bits per heavy atom. The Balaban J connectivity index is 0.00000450. The highest BCUT2D eigenvalue weighted by Crippen LogP contribution is 2.16. The van der Waals surface area contributed by atoms with Crippen molar-refractivity contribution in [2.75, 3.05) is 39.9 Å². The van der Waals surface area contributed by atoms with Gasteiger partial charge in [0.1, 0.15) is 0 Å². The number of morpholine rings is 1. The van der Waals surface area contributed by atoms with Crippen LogP contribution in [0.5, 0.6) is 0 Å². The Hall–Kier alpha value is -0.910. The largest absolute Gasteiger partial charge is 0.379 e. The Labute approximate surface area is 199 Å². The summed E-state index contributed by atoms with van der Waals surface area (Å²) in [6, 6.07) is 7.67. The third-order valence-electron chi connectivity index (χ3n) is 4.99. The lowest BCUT2D eigenvalue weighted by Crippen LogP contribution is -2.41. The van der Waals surface area contributed by atoms with Gasteiger partial charge in [-0.2, -0.15) is 4.31 Å². The number of halogens is 1. The number of sulfonamides is 1. The molecule has 0 atom stereocenters. The van der Waals surface area contributed by atoms with Crippen LogP contribution in [0, 0.1) is 5.92 Å². The molecular weight excluding hydrogens is 515 g/mol. The lowest BCUT2D eigenvalue weighted by molar-refractivity contribution is 0.0729. The molecule has 7 nitrogen and oxygen atoms in total. The highest BCUT2D eigenvalue weighted by Gasteiger charge is 2.25. The Bertz CT molecular complexity index is 750. The molecule has 0 amide bonds. The zero-order chi connectivity index (χ0) is 21.1. The maximum atomic E-state index is 12.8. The fourth-order valence-electron chi connectivity index (χ4n) is 3.27. The average molecular weight is 553 g/mol. The zero-order valence-electron chi connectivity index (χ0n) is 18.4. The van der Waals surface area contributed by atoms with E-state index in [2.05, 4.69) is 29.5 Å². The second-order valence-electron chi connectivity index (χ2n) is 7.78. The highest BCUT2D eigenvalue weighted by molar-refractivity contribution is 14.0. The van der Waals surface area contributed by atoms with Crippen LogP contribution in [0.4, 0.5) is 0 Å². The van der Waals surface area contributed by atoms with E-state index in [1.54, 1.807) is 7.05 Å². The van der Waals surface area contributed by atoms with Gasteiger partial charge in [0.2, 0.25) is 10.0 Å². The lowest BCUT2D eigenvalue weighted by atomic mass is 10.1. The minimum absolute atomic E-state index is 0. The van der Waals surface area contributed by atoms with Gasteiger partial charge < -0.3 is 15.4 Å². The van der Waals surface area contributed by atoms with E-state index in [9.17, 15) is 8.42 Å². The molecule has 1 aromatic rings. The van der Waals surface area contributed by atoms with Crippen LogP contribution in [-0.4, -0.2) is 58.6 Å². The molecule has 0 saturated carbocycles. The van der Waals surface area contributed by atoms with Crippen molar-refractivity contribution in [2.45, 2.75) is 45.4 Å². The van der Waals surface area contributed by atoms with E-state index in [1.807, 2.05) is 24.3 Å². The molecule has 1 aliphatic rings. The fraction of sp³-hybridized carbons (Fsp3) is 0.667. The number of rotatable bonds is 10. The first-order chi connectivity index (χ1) is 13.9. The number of ether oxygens (including phenoxy) is 1. The van der Waals surface area contributed by atoms with Gasteiger partial charge in [0.05, 0.1) is 19.0 Å². The number of unbranched alkanes of at least 4 members (excludes halogenated alkanes) is 1. The summed E-state index contributed by atoms with van der Waals surface area (Å²) in [5.74, 6) is 1.48. The maximum Gasteiger partial charge on any atom is 0.218 e. The molecule has 1 fully saturated rings. The molecule has 0 bridgehead atoms. The van der Waals surface area contributed by atoms with Crippen molar-refractivity contribution in [3.63, 3.8) is 0 Å². The summed E-state index contributed by atoms with van der Waals surface area (Å²) < 4.78 is 32.3. The normalized spacial score (nSPS) is 15.7. The first-order valence-corrected chi connectivity index (χ1v) is 12.1. The standard InChI is InChI=1S/C21H36N4O3S.HI/c1-18(2)8-6-7-11-23-21(22-3)24-16-19-9-4-5-10-20(19)17-29(26,27)25-12-14-28-15-13-25;/h4-5,9-10,18H,6-8,11-17H2,1-3H3,(H2,22,23,24);1H. The van der Waals surface area contributed by atoms with Gasteiger partial charge in [-0.05, 0) is 23.5 Å². The van der Waals surface area contributed by atoms with Crippen molar-refractivity contribution >= 4 is 40.0 Å². The number of hydrogen-bond donors (Lipinski definition) is 2. The zero-order valence-corrected chi connectivity index (χ0v) is 21.5. The Morgan fingerprint density at radius 2 is 1.80 bits per heavy atom. The van der Waals surface area contributed by atoms with E-state index in [1.165, 1.54) is 17.1 Å². The van der Waals surface area contributed by atoms with E-state index in [4.69, 9.17) is 4.74 Å². The maximum absolute atomic E-state index is 12.8. The van der Waals surface area contributed by atoms with Gasteiger partial charge in [-0.25, -0.2) is 8.42 Å². The predicted molar refractivity (Wildman–Crippen MR) is 134 cm³/mol. The summed E-state index contributed by atoms with van der Waals surface area (Å²) in [5, 5.41) is 6.63. The van der Waals surface area contributed by atoms with E-state index in [0.717, 1.165) is 36.0 Å². The smallest absolute Gasteiger partial charge is 0.218 e. The van der Waals surface area contributed by atoms with Gasteiger partial charge in [-0.3, -0.25) is 4.99 Å². The quantitative estimate of drug-likeness (QED) is 0.202. The van der Waals surface area contributed by atoms with Crippen LogP contribution in [-0.2, 0) is 27.1 Å². The second-order valence-corrected chi connectivity index (χ2v) is 9.75. The van der Waals surface area contributed by atoms with Crippen molar-refractivity contribution in [2.24, 2.45) is 10.9 Å². The molecule has 0 aliphatic carbocycles. The summed E-state index contributed by atoms with van der Waals surface area (Å²) in [5.41, 5.74) is 1.78. The number of benzene rings is 1. The summed E-state index contributed by atoms with van der Waals surface area (Å²) in [7, 11) is -1.60. The molecule has 0 radical (unpaired) electrons. The van der Waals surface area contributed by atoms with Gasteiger partial charge in [0, 0.05) is 33.2 Å². The molecule has 30 heavy (non-hydrogen) atoms. The predicted octanol–water partition coefficient (Wildman–Crippen LogP) is 2.96. The number of guanidine groups is 1. The first kappa shape index (κ1) is 27.1. The average Bonchev–Trinajstić information content (AvgIpc) is 2.71. The van der Waals surface area contributed by atoms with Crippen LogP contribution in [0.3, 0.4) is 0 Å². The van der Waals surface area contributed by atoms with Crippen molar-refractivity contribution in [1.29, 1.82) is 0 Å². The van der Waals surface area contributed by atoms with Crippen LogP contribution >= 0.6 is 24.0 Å². The molecule has 1 heterocycles. The summed E-state index contributed by atoms with van der Waals surface area (Å²) in [4.78, 5) is 4.27. The van der Waals surface area contributed by atoms with Crippen molar-refractivity contribution in [1.82, 2.24) is 14.9 Å². The van der Waals surface area contributed by atoms with Gasteiger partial charge in [0.15, 0.2) is 5.96 Å². The summed E-state index contributed by atoms with van der Waals surface area (Å²) >= 11 is 0. The van der Waals surface area contributed by atoms with Crippen LogP contribution in [0.1, 0.15) is 44.2 Å². The van der Waals surface area contributed by atoms with E-state index in [0.29, 0.717) is 32.8 Å². The van der Waals surface area contributed by atoms with Gasteiger partial charge in [0.25, 0.3) is 0 Å². The molecular formula is C21H37IN4O3S. The van der Waals surface area contributed by atoms with Gasteiger partial charge in [-0.1, -0.05) is 51.0 Å². The topological polar surface area (TPSA) is 83.0 Å². The molecule has 2 N–H and O–H groups in total. The monoisotopic (exact) mass is 552 g/mol. The third-order valence-corrected chi connectivity index (χ3v) is 6.82. The minimum atomic E-state index is -3.35. The molecule has 0 aromatic heterocycles. The molecule has 172 valence electrons. The van der Waals surface area contributed by atoms with Crippen LogP contribution in [0.2, 0.25) is 0 Å². The second kappa shape index (κ2) is 14.2. The molecule has 2 rings (SSSR count). The van der Waals surface area contributed by atoms with E-state index in [-0.39, 0.29) is 29.7 Å². The van der Waals surface area contributed by atoms with Crippen LogP contribution in [0.25, 0.3) is 0 Å². The molecule has 0 unspecified atom stereocenters. The molecule has 1 aliphatic heterocycles. The first-order valence-electron chi connectivity index (χ1n) is 10.5. The molecule has 1 aromatic carbocycles. The van der Waals surface area contributed by atoms with Crippen LogP contribution < -0.4 is 10.6 Å². The van der Waals surface area contributed by atoms with Crippen molar-refractivity contribution in [3.8, 4) is 0 Å². The van der Waals surface area contributed by atoms with Gasteiger partial charge in [-0.15, -0.1) is 24.0 Å². The van der Waals surface area contributed by atoms with Gasteiger partial charge >= 0.3 is 0 Å². The minimum Gasteiger partial charge on any atom is -0.379 e. The van der Waals surface area contributed by atoms with E-state index >= 15 is 0 Å². The number of nitrogens with zero attached hydrogens (tertiary/aromatic N) is 2. The van der Waals surface area contributed by atoms with Crippen molar-refractivity contribution in [3.05, 3.63) is 35.4 Å². The number of aliphatic imine (C=N–C) groups is 1. The SMILES string of the molecule is CN=C(NCCCCC(C)C)NCc1ccccc1CS(=O)(=O)N1CCOCC1.I. The highest BCUT2D eigenvalue weighted by atomic mass is 127. The lowest BCUT2D eigenvalue weighted by Gasteiger charge is -2.26.